The van der Waals surface area contributed by atoms with Crippen molar-refractivity contribution in [2.75, 3.05) is 0 Å². The molecule has 0 unspecified atom stereocenters. The lowest BCUT2D eigenvalue weighted by Crippen LogP contribution is -1.83. The number of rotatable bonds is 2. The number of halogens is 1. The van der Waals surface area contributed by atoms with Crippen molar-refractivity contribution >= 4 is 23.4 Å². The van der Waals surface area contributed by atoms with E-state index in [0.29, 0.717) is 15.4 Å². The monoisotopic (exact) mass is 241 g/mol. The van der Waals surface area contributed by atoms with E-state index >= 15 is 0 Å². The van der Waals surface area contributed by atoms with Gasteiger partial charge in [0, 0.05) is 0 Å². The maximum atomic E-state index is 5.71. The van der Waals surface area contributed by atoms with Gasteiger partial charge in [0.15, 0.2) is 0 Å². The number of oxazole rings is 1. The summed E-state index contributed by atoms with van der Waals surface area (Å²) in [5.74, 6) is 0.812. The molecule has 0 aliphatic heterocycles. The van der Waals surface area contributed by atoms with Gasteiger partial charge >= 0.3 is 0 Å². The molecule has 2 rings (SSSR count). The van der Waals surface area contributed by atoms with Crippen molar-refractivity contribution in [2.45, 2.75) is 24.1 Å². The van der Waals surface area contributed by atoms with Crippen LogP contribution in [-0.4, -0.2) is 15.0 Å². The van der Waals surface area contributed by atoms with Crippen molar-refractivity contribution in [1.82, 2.24) is 15.0 Å². The second-order valence-electron chi connectivity index (χ2n) is 2.90. The maximum absolute atomic E-state index is 5.71. The normalized spacial score (nSPS) is 10.6. The molecule has 0 radical (unpaired) electrons. The molecule has 0 spiro atoms. The van der Waals surface area contributed by atoms with E-state index in [1.807, 2.05) is 13.8 Å². The lowest BCUT2D eigenvalue weighted by Gasteiger charge is -1.94. The minimum absolute atomic E-state index is 0.361. The van der Waals surface area contributed by atoms with E-state index in [-0.39, 0.29) is 0 Å². The van der Waals surface area contributed by atoms with E-state index in [9.17, 15) is 0 Å². The molecule has 15 heavy (non-hydrogen) atoms. The van der Waals surface area contributed by atoms with Gasteiger partial charge in [-0.15, -0.1) is 0 Å². The highest BCUT2D eigenvalue weighted by Gasteiger charge is 2.08. The van der Waals surface area contributed by atoms with Crippen molar-refractivity contribution in [2.24, 2.45) is 0 Å². The smallest absolute Gasteiger partial charge is 0.262 e. The van der Waals surface area contributed by atoms with E-state index in [4.69, 9.17) is 16.0 Å². The van der Waals surface area contributed by atoms with Crippen LogP contribution >= 0.6 is 23.4 Å². The summed E-state index contributed by atoms with van der Waals surface area (Å²) in [4.78, 5) is 12.2. The van der Waals surface area contributed by atoms with Crippen molar-refractivity contribution in [3.8, 4) is 0 Å². The lowest BCUT2D eigenvalue weighted by molar-refractivity contribution is 0.431. The molecule has 0 aliphatic rings. The average molecular weight is 242 g/mol. The first kappa shape index (κ1) is 10.4. The largest absolute Gasteiger partial charge is 0.436 e. The fourth-order valence-electron chi connectivity index (χ4n) is 0.951. The van der Waals surface area contributed by atoms with Crippen molar-refractivity contribution in [1.29, 1.82) is 0 Å². The summed E-state index contributed by atoms with van der Waals surface area (Å²) in [5.41, 5.74) is 0.882. The van der Waals surface area contributed by atoms with Gasteiger partial charge in [0.2, 0.25) is 0 Å². The molecule has 0 fully saturated rings. The molecule has 2 aromatic heterocycles. The Hall–Kier alpha value is -1.07. The number of nitrogens with zero attached hydrogens (tertiary/aromatic N) is 3. The third kappa shape index (κ3) is 2.49. The molecule has 6 heteroatoms. The van der Waals surface area contributed by atoms with E-state index in [2.05, 4.69) is 15.0 Å². The summed E-state index contributed by atoms with van der Waals surface area (Å²) in [6.45, 7) is 3.77. The molecule has 0 bridgehead atoms. The molecule has 0 saturated heterocycles. The SMILES string of the molecule is Cc1nc(Sc2cncc(Cl)n2)oc1C. The summed E-state index contributed by atoms with van der Waals surface area (Å²) >= 11 is 7.01. The predicted molar refractivity (Wildman–Crippen MR) is 57.1 cm³/mol. The molecule has 0 aromatic carbocycles. The molecular formula is C9H8ClN3OS. The molecule has 4 nitrogen and oxygen atoms in total. The third-order valence-corrected chi connectivity index (χ3v) is 2.72. The van der Waals surface area contributed by atoms with E-state index in [1.54, 1.807) is 6.20 Å². The summed E-state index contributed by atoms with van der Waals surface area (Å²) in [7, 11) is 0. The van der Waals surface area contributed by atoms with Crippen LogP contribution in [-0.2, 0) is 0 Å². The number of hydrogen-bond acceptors (Lipinski definition) is 5. The highest BCUT2D eigenvalue weighted by molar-refractivity contribution is 7.99. The van der Waals surface area contributed by atoms with Gasteiger partial charge in [-0.1, -0.05) is 11.6 Å². The number of aromatic nitrogens is 3. The summed E-state index contributed by atoms with van der Waals surface area (Å²) < 4.78 is 5.40. The van der Waals surface area contributed by atoms with Crippen LogP contribution in [0, 0.1) is 13.8 Å². The zero-order valence-electron chi connectivity index (χ0n) is 8.19. The van der Waals surface area contributed by atoms with Crippen LogP contribution in [0.3, 0.4) is 0 Å². The molecule has 0 aliphatic carbocycles. The highest BCUT2D eigenvalue weighted by atomic mass is 35.5. The first-order valence-electron chi connectivity index (χ1n) is 4.24. The molecule has 2 heterocycles. The Balaban J connectivity index is 2.22. The van der Waals surface area contributed by atoms with Crippen LogP contribution < -0.4 is 0 Å². The molecule has 0 atom stereocenters. The van der Waals surface area contributed by atoms with Gasteiger partial charge in [0.25, 0.3) is 5.22 Å². The first-order chi connectivity index (χ1) is 7.15. The molecule has 78 valence electrons. The molecule has 0 amide bonds. The zero-order chi connectivity index (χ0) is 10.8. The fourth-order valence-corrected chi connectivity index (χ4v) is 1.93. The Labute approximate surface area is 96.1 Å². The fraction of sp³-hybridized carbons (Fsp3) is 0.222. The van der Waals surface area contributed by atoms with Gasteiger partial charge in [-0.25, -0.2) is 9.97 Å². The Morgan fingerprint density at radius 3 is 2.67 bits per heavy atom. The van der Waals surface area contributed by atoms with Gasteiger partial charge in [-0.05, 0) is 25.6 Å². The van der Waals surface area contributed by atoms with Crippen molar-refractivity contribution in [3.63, 3.8) is 0 Å². The van der Waals surface area contributed by atoms with Gasteiger partial charge in [-0.2, -0.15) is 0 Å². The average Bonchev–Trinajstić information content (AvgIpc) is 2.45. The summed E-state index contributed by atoms with van der Waals surface area (Å²) in [6.07, 6.45) is 3.10. The quantitative estimate of drug-likeness (QED) is 0.809. The van der Waals surface area contributed by atoms with Crippen LogP contribution in [0.2, 0.25) is 5.15 Å². The van der Waals surface area contributed by atoms with Crippen molar-refractivity contribution < 1.29 is 4.42 Å². The highest BCUT2D eigenvalue weighted by Crippen LogP contribution is 2.26. The Morgan fingerprint density at radius 1 is 1.27 bits per heavy atom. The maximum Gasteiger partial charge on any atom is 0.262 e. The number of hydrogen-bond donors (Lipinski definition) is 0. The van der Waals surface area contributed by atoms with Gasteiger partial charge in [0.05, 0.1) is 18.1 Å². The minimum atomic E-state index is 0.361. The van der Waals surface area contributed by atoms with Gasteiger partial charge in [0.1, 0.15) is 15.9 Å². The Kier molecular flexibility index (Phi) is 2.93. The second-order valence-corrected chi connectivity index (χ2v) is 4.26. The summed E-state index contributed by atoms with van der Waals surface area (Å²) in [6, 6.07) is 0. The zero-order valence-corrected chi connectivity index (χ0v) is 9.76. The molecule has 0 N–H and O–H groups in total. The van der Waals surface area contributed by atoms with Crippen LogP contribution in [0.4, 0.5) is 0 Å². The van der Waals surface area contributed by atoms with E-state index in [0.717, 1.165) is 11.5 Å². The molecular weight excluding hydrogens is 234 g/mol. The van der Waals surface area contributed by atoms with Crippen LogP contribution in [0.5, 0.6) is 0 Å². The number of aryl methyl sites for hydroxylation is 2. The van der Waals surface area contributed by atoms with Crippen LogP contribution in [0.25, 0.3) is 0 Å². The molecule has 2 aromatic rings. The lowest BCUT2D eigenvalue weighted by atomic mass is 10.4. The first-order valence-corrected chi connectivity index (χ1v) is 5.44. The second kappa shape index (κ2) is 4.20. The topological polar surface area (TPSA) is 51.8 Å². The van der Waals surface area contributed by atoms with E-state index in [1.165, 1.54) is 18.0 Å². The Bertz CT molecular complexity index is 466. The third-order valence-electron chi connectivity index (χ3n) is 1.78. The summed E-state index contributed by atoms with van der Waals surface area (Å²) in [5, 5.41) is 1.59. The van der Waals surface area contributed by atoms with Crippen LogP contribution in [0.15, 0.2) is 27.1 Å². The van der Waals surface area contributed by atoms with Crippen LogP contribution in [0.1, 0.15) is 11.5 Å². The predicted octanol–water partition coefficient (Wildman–Crippen LogP) is 2.89. The Morgan fingerprint density at radius 2 is 2.07 bits per heavy atom. The van der Waals surface area contributed by atoms with Gasteiger partial charge in [-0.3, -0.25) is 4.98 Å². The van der Waals surface area contributed by atoms with Gasteiger partial charge < -0.3 is 4.42 Å². The van der Waals surface area contributed by atoms with Crippen molar-refractivity contribution in [3.05, 3.63) is 29.0 Å². The standard InChI is InChI=1S/C9H8ClN3OS/c1-5-6(2)14-9(12-5)15-8-4-11-3-7(10)13-8/h3-4H,1-2H3. The molecule has 0 saturated carbocycles. The van der Waals surface area contributed by atoms with E-state index < -0.39 is 0 Å². The minimum Gasteiger partial charge on any atom is -0.436 e.